The average molecular weight is 438 g/mol. The molecule has 0 aliphatic heterocycles. The number of amides is 1. The Morgan fingerprint density at radius 3 is 2.30 bits per heavy atom. The molecule has 1 N–H and O–H groups in total. The maximum Gasteiger partial charge on any atom is 0.327 e. The summed E-state index contributed by atoms with van der Waals surface area (Å²) in [5, 5.41) is 15.0. The van der Waals surface area contributed by atoms with Gasteiger partial charge in [-0.25, -0.2) is 0 Å². The lowest BCUT2D eigenvalue weighted by Crippen LogP contribution is -2.35. The highest BCUT2D eigenvalue weighted by Gasteiger charge is 2.32. The predicted octanol–water partition coefficient (Wildman–Crippen LogP) is 3.31. The van der Waals surface area contributed by atoms with Crippen LogP contribution < -0.4 is 19.5 Å². The number of carbonyl (C=O) groups excluding carboxylic acids is 1. The predicted molar refractivity (Wildman–Crippen MR) is 113 cm³/mol. The molecular weight excluding hydrogens is 414 g/mol. The maximum atomic E-state index is 12.9. The molecule has 9 nitrogen and oxygen atoms in total. The van der Waals surface area contributed by atoms with E-state index in [4.69, 9.17) is 25.8 Å². The van der Waals surface area contributed by atoms with Gasteiger partial charge in [-0.1, -0.05) is 29.8 Å². The number of methoxy groups -OCH3 is 3. The smallest absolute Gasteiger partial charge is 0.327 e. The van der Waals surface area contributed by atoms with E-state index in [1.807, 2.05) is 37.2 Å². The van der Waals surface area contributed by atoms with E-state index in [2.05, 4.69) is 5.32 Å². The topological polar surface area (TPSA) is 103 Å². The fraction of sp³-hybridized carbons (Fsp3) is 0.350. The van der Waals surface area contributed by atoms with Crippen LogP contribution in [-0.2, 0) is 0 Å². The number of likely N-dealkylation sites (N-methyl/N-ethyl adjacent to an activating group) is 1. The van der Waals surface area contributed by atoms with Gasteiger partial charge in [-0.05, 0) is 25.7 Å². The van der Waals surface area contributed by atoms with Gasteiger partial charge in [0, 0.05) is 17.6 Å². The lowest BCUT2D eigenvalue weighted by molar-refractivity contribution is -0.386. The average Bonchev–Trinajstić information content (AvgIpc) is 2.72. The van der Waals surface area contributed by atoms with Crippen LogP contribution in [0, 0.1) is 10.1 Å². The van der Waals surface area contributed by atoms with Crippen LogP contribution in [-0.4, -0.2) is 57.7 Å². The highest BCUT2D eigenvalue weighted by molar-refractivity contribution is 6.31. The van der Waals surface area contributed by atoms with Crippen LogP contribution in [0.15, 0.2) is 30.3 Å². The summed E-state index contributed by atoms with van der Waals surface area (Å²) in [6.07, 6.45) is 0. The zero-order chi connectivity index (χ0) is 22.4. The van der Waals surface area contributed by atoms with Gasteiger partial charge in [0.05, 0.1) is 32.3 Å². The van der Waals surface area contributed by atoms with E-state index in [0.717, 1.165) is 5.56 Å². The van der Waals surface area contributed by atoms with Crippen molar-refractivity contribution < 1.29 is 23.9 Å². The molecule has 162 valence electrons. The molecule has 30 heavy (non-hydrogen) atoms. The lowest BCUT2D eigenvalue weighted by atomic mass is 10.1. The largest absolute Gasteiger partial charge is 0.493 e. The minimum absolute atomic E-state index is 0.0329. The van der Waals surface area contributed by atoms with E-state index in [1.54, 1.807) is 6.07 Å². The molecule has 0 saturated heterocycles. The van der Waals surface area contributed by atoms with Gasteiger partial charge in [0.2, 0.25) is 11.5 Å². The summed E-state index contributed by atoms with van der Waals surface area (Å²) in [7, 11) is 7.65. The normalized spacial score (nSPS) is 11.7. The molecule has 2 rings (SSSR count). The van der Waals surface area contributed by atoms with Crippen LogP contribution in [0.2, 0.25) is 5.02 Å². The SMILES string of the molecule is COc1cc(C(=O)NC[C@H](c2ccccc2Cl)N(C)C)c([N+](=O)[O-])c(OC)c1OC. The highest BCUT2D eigenvalue weighted by atomic mass is 35.5. The molecule has 0 fully saturated rings. The van der Waals surface area contributed by atoms with Crippen molar-refractivity contribution in [1.29, 1.82) is 0 Å². The van der Waals surface area contributed by atoms with Gasteiger partial charge < -0.3 is 24.4 Å². The summed E-state index contributed by atoms with van der Waals surface area (Å²) >= 11 is 6.30. The fourth-order valence-corrected chi connectivity index (χ4v) is 3.36. The molecular formula is C20H24ClN3O6. The van der Waals surface area contributed by atoms with E-state index in [9.17, 15) is 14.9 Å². The third-order valence-corrected chi connectivity index (χ3v) is 4.92. The van der Waals surface area contributed by atoms with Crippen molar-refractivity contribution in [3.05, 3.63) is 56.6 Å². The number of hydrogen-bond donors (Lipinski definition) is 1. The molecule has 0 heterocycles. The van der Waals surface area contributed by atoms with E-state index in [-0.39, 0.29) is 35.4 Å². The van der Waals surface area contributed by atoms with Gasteiger partial charge in [-0.3, -0.25) is 14.9 Å². The second-order valence-electron chi connectivity index (χ2n) is 6.51. The Kier molecular flexibility index (Phi) is 7.85. The lowest BCUT2D eigenvalue weighted by Gasteiger charge is -2.26. The van der Waals surface area contributed by atoms with Crippen molar-refractivity contribution in [2.75, 3.05) is 42.0 Å². The van der Waals surface area contributed by atoms with Gasteiger partial charge in [-0.15, -0.1) is 0 Å². The number of halogens is 1. The number of benzene rings is 2. The Balaban J connectivity index is 2.42. The summed E-state index contributed by atoms with van der Waals surface area (Å²) in [5.41, 5.74) is 0.113. The second-order valence-corrected chi connectivity index (χ2v) is 6.92. The zero-order valence-corrected chi connectivity index (χ0v) is 18.1. The van der Waals surface area contributed by atoms with Crippen molar-refractivity contribution in [2.45, 2.75) is 6.04 Å². The molecule has 0 saturated carbocycles. The summed E-state index contributed by atoms with van der Waals surface area (Å²) in [6.45, 7) is 0.170. The molecule has 0 aromatic heterocycles. The monoisotopic (exact) mass is 437 g/mol. The van der Waals surface area contributed by atoms with Gasteiger partial charge in [-0.2, -0.15) is 0 Å². The van der Waals surface area contributed by atoms with Gasteiger partial charge in [0.1, 0.15) is 5.56 Å². The van der Waals surface area contributed by atoms with Crippen molar-refractivity contribution in [3.8, 4) is 17.2 Å². The van der Waals surface area contributed by atoms with E-state index in [1.165, 1.54) is 27.4 Å². The first-order valence-corrected chi connectivity index (χ1v) is 9.30. The molecule has 0 aliphatic carbocycles. The number of nitro groups is 1. The van der Waals surface area contributed by atoms with Gasteiger partial charge in [0.15, 0.2) is 5.75 Å². The van der Waals surface area contributed by atoms with Crippen LogP contribution in [0.4, 0.5) is 5.69 Å². The zero-order valence-electron chi connectivity index (χ0n) is 17.4. The third kappa shape index (κ3) is 4.74. The molecule has 0 bridgehead atoms. The summed E-state index contributed by atoms with van der Waals surface area (Å²) in [5.74, 6) is -0.673. The number of hydrogen-bond acceptors (Lipinski definition) is 7. The maximum absolute atomic E-state index is 12.9. The van der Waals surface area contributed by atoms with Crippen LogP contribution in [0.3, 0.4) is 0 Å². The molecule has 2 aromatic carbocycles. The van der Waals surface area contributed by atoms with Crippen LogP contribution in [0.25, 0.3) is 0 Å². The number of rotatable bonds is 9. The number of nitrogens with zero attached hydrogens (tertiary/aromatic N) is 2. The van der Waals surface area contributed by atoms with Gasteiger partial charge >= 0.3 is 5.69 Å². The number of carbonyl (C=O) groups is 1. The quantitative estimate of drug-likeness (QED) is 0.474. The molecule has 1 amide bonds. The van der Waals surface area contributed by atoms with Crippen LogP contribution in [0.1, 0.15) is 22.0 Å². The number of ether oxygens (including phenoxy) is 3. The Bertz CT molecular complexity index is 935. The Labute approximate surface area is 179 Å². The first-order valence-electron chi connectivity index (χ1n) is 8.93. The second kappa shape index (κ2) is 10.1. The number of nitrogens with one attached hydrogen (secondary N) is 1. The minimum Gasteiger partial charge on any atom is -0.493 e. The molecule has 0 spiro atoms. The number of nitro benzene ring substituents is 1. The summed E-state index contributed by atoms with van der Waals surface area (Å²) in [4.78, 5) is 25.8. The van der Waals surface area contributed by atoms with Crippen LogP contribution in [0.5, 0.6) is 17.2 Å². The van der Waals surface area contributed by atoms with Gasteiger partial charge in [0.25, 0.3) is 5.91 Å². The van der Waals surface area contributed by atoms with Crippen molar-refractivity contribution >= 4 is 23.2 Å². The molecule has 1 atom stereocenters. The van der Waals surface area contributed by atoms with E-state index >= 15 is 0 Å². The third-order valence-electron chi connectivity index (χ3n) is 4.57. The van der Waals surface area contributed by atoms with Crippen molar-refractivity contribution in [2.24, 2.45) is 0 Å². The molecule has 2 aromatic rings. The fourth-order valence-electron chi connectivity index (χ4n) is 3.10. The molecule has 0 aliphatic rings. The molecule has 0 unspecified atom stereocenters. The molecule has 0 radical (unpaired) electrons. The van der Waals surface area contributed by atoms with Crippen molar-refractivity contribution in [3.63, 3.8) is 0 Å². The molecule has 10 heteroatoms. The Hall–Kier alpha value is -3.04. The van der Waals surface area contributed by atoms with E-state index in [0.29, 0.717) is 5.02 Å². The van der Waals surface area contributed by atoms with E-state index < -0.39 is 16.5 Å². The Morgan fingerprint density at radius 2 is 1.80 bits per heavy atom. The van der Waals surface area contributed by atoms with Crippen LogP contribution >= 0.6 is 11.6 Å². The Morgan fingerprint density at radius 1 is 1.17 bits per heavy atom. The highest BCUT2D eigenvalue weighted by Crippen LogP contribution is 2.46. The minimum atomic E-state index is -0.687. The first-order chi connectivity index (χ1) is 14.3. The summed E-state index contributed by atoms with van der Waals surface area (Å²) in [6, 6.07) is 8.30. The summed E-state index contributed by atoms with van der Waals surface area (Å²) < 4.78 is 15.6. The first kappa shape index (κ1) is 23.2. The standard InChI is InChI=1S/C20H24ClN3O6/c1-23(2)15(12-8-6-7-9-14(12)21)11-22-20(25)13-10-16(28-3)18(29-4)19(30-5)17(13)24(26)27/h6-10,15H,11H2,1-5H3,(H,22,25)/t15-/m1/s1. The van der Waals surface area contributed by atoms with Crippen molar-refractivity contribution in [1.82, 2.24) is 10.2 Å².